The summed E-state index contributed by atoms with van der Waals surface area (Å²) in [6.45, 7) is 5.58. The number of hydrogen-bond acceptors (Lipinski definition) is 3. The molecule has 0 fully saturated rings. The van der Waals surface area contributed by atoms with Crippen molar-refractivity contribution in [2.45, 2.75) is 26.7 Å². The third-order valence-corrected chi connectivity index (χ3v) is 3.49. The number of ether oxygens (including phenoxy) is 1. The predicted octanol–water partition coefficient (Wildman–Crippen LogP) is 3.02. The lowest BCUT2D eigenvalue weighted by molar-refractivity contribution is -0.118. The number of benzene rings is 1. The van der Waals surface area contributed by atoms with Crippen molar-refractivity contribution >= 4 is 17.7 Å². The Balaban J connectivity index is 2.03. The first-order valence-electron chi connectivity index (χ1n) is 6.76. The van der Waals surface area contributed by atoms with Gasteiger partial charge in [-0.1, -0.05) is 25.5 Å². The monoisotopic (exact) mass is 281 g/mol. The third-order valence-electron chi connectivity index (χ3n) is 2.57. The number of thioether (sulfide) groups is 1. The van der Waals surface area contributed by atoms with E-state index in [2.05, 4.69) is 12.2 Å². The zero-order chi connectivity index (χ0) is 13.9. The summed E-state index contributed by atoms with van der Waals surface area (Å²) >= 11 is 1.61. The van der Waals surface area contributed by atoms with Crippen LogP contribution in [0.4, 0.5) is 0 Å². The van der Waals surface area contributed by atoms with Crippen molar-refractivity contribution in [1.29, 1.82) is 0 Å². The van der Waals surface area contributed by atoms with Gasteiger partial charge < -0.3 is 10.1 Å². The van der Waals surface area contributed by atoms with Crippen LogP contribution in [-0.4, -0.2) is 30.6 Å². The van der Waals surface area contributed by atoms with Crippen molar-refractivity contribution < 1.29 is 9.53 Å². The van der Waals surface area contributed by atoms with Gasteiger partial charge in [0, 0.05) is 12.3 Å². The molecule has 0 aliphatic rings. The maximum Gasteiger partial charge on any atom is 0.229 e. The van der Waals surface area contributed by atoms with Gasteiger partial charge in [0.1, 0.15) is 5.75 Å². The minimum atomic E-state index is 0.119. The van der Waals surface area contributed by atoms with E-state index >= 15 is 0 Å². The molecule has 1 amide bonds. The molecular weight excluding hydrogens is 258 g/mol. The van der Waals surface area contributed by atoms with Gasteiger partial charge >= 0.3 is 0 Å². The van der Waals surface area contributed by atoms with Crippen LogP contribution in [0, 0.1) is 6.92 Å². The van der Waals surface area contributed by atoms with Crippen LogP contribution in [0.25, 0.3) is 0 Å². The van der Waals surface area contributed by atoms with E-state index in [4.69, 9.17) is 4.74 Å². The summed E-state index contributed by atoms with van der Waals surface area (Å²) in [7, 11) is 0. The number of carbonyl (C=O) groups excluding carboxylic acids is 1. The number of nitrogens with one attached hydrogen (secondary N) is 1. The number of amides is 1. The second-order valence-corrected chi connectivity index (χ2v) is 5.53. The van der Waals surface area contributed by atoms with E-state index in [0.29, 0.717) is 12.4 Å². The Bertz CT molecular complexity index is 382. The molecule has 1 aromatic rings. The third kappa shape index (κ3) is 7.78. The molecule has 0 unspecified atom stereocenters. The normalized spacial score (nSPS) is 10.2. The fourth-order valence-corrected chi connectivity index (χ4v) is 2.18. The maximum absolute atomic E-state index is 11.4. The van der Waals surface area contributed by atoms with Crippen molar-refractivity contribution in [2.75, 3.05) is 24.7 Å². The van der Waals surface area contributed by atoms with Crippen LogP contribution in [0.2, 0.25) is 0 Å². The van der Waals surface area contributed by atoms with Crippen molar-refractivity contribution in [1.82, 2.24) is 5.32 Å². The number of rotatable bonds is 9. The number of hydrogen-bond donors (Lipinski definition) is 1. The van der Waals surface area contributed by atoms with Crippen LogP contribution >= 0.6 is 11.8 Å². The van der Waals surface area contributed by atoms with E-state index in [1.54, 1.807) is 11.8 Å². The molecule has 0 atom stereocenters. The Morgan fingerprint density at radius 1 is 1.42 bits per heavy atom. The van der Waals surface area contributed by atoms with Crippen molar-refractivity contribution in [3.8, 4) is 5.75 Å². The molecule has 0 aromatic heterocycles. The summed E-state index contributed by atoms with van der Waals surface area (Å²) in [5.74, 6) is 2.36. The average Bonchev–Trinajstić information content (AvgIpc) is 2.39. The summed E-state index contributed by atoms with van der Waals surface area (Å²) in [5, 5.41) is 2.90. The van der Waals surface area contributed by atoms with Crippen molar-refractivity contribution in [3.63, 3.8) is 0 Å². The van der Waals surface area contributed by atoms with E-state index in [9.17, 15) is 4.79 Å². The smallest absolute Gasteiger partial charge is 0.229 e. The molecular formula is C15H23NO2S. The lowest BCUT2D eigenvalue weighted by Crippen LogP contribution is -2.26. The fraction of sp³-hybridized carbons (Fsp3) is 0.533. The SMILES string of the molecule is CCCCNC(=O)CSCCOc1cccc(C)c1. The molecule has 1 rings (SSSR count). The second kappa shape index (κ2) is 9.73. The molecule has 0 aliphatic carbocycles. The lowest BCUT2D eigenvalue weighted by Gasteiger charge is -2.07. The molecule has 0 radical (unpaired) electrons. The molecule has 3 nitrogen and oxygen atoms in total. The van der Waals surface area contributed by atoms with E-state index in [1.807, 2.05) is 31.2 Å². The number of carbonyl (C=O) groups is 1. The Hall–Kier alpha value is -1.16. The minimum absolute atomic E-state index is 0.119. The van der Waals surface area contributed by atoms with Crippen molar-refractivity contribution in [2.24, 2.45) is 0 Å². The van der Waals surface area contributed by atoms with Gasteiger partial charge in [-0.25, -0.2) is 0 Å². The molecule has 0 spiro atoms. The largest absolute Gasteiger partial charge is 0.493 e. The van der Waals surface area contributed by atoms with Crippen LogP contribution in [-0.2, 0) is 4.79 Å². The quantitative estimate of drug-likeness (QED) is 0.707. The van der Waals surface area contributed by atoms with Gasteiger partial charge in [-0.2, -0.15) is 0 Å². The summed E-state index contributed by atoms with van der Waals surface area (Å²) < 4.78 is 5.61. The highest BCUT2D eigenvalue weighted by atomic mass is 32.2. The Labute approximate surface area is 120 Å². The summed E-state index contributed by atoms with van der Waals surface area (Å²) in [4.78, 5) is 11.4. The highest BCUT2D eigenvalue weighted by Crippen LogP contribution is 2.12. The summed E-state index contributed by atoms with van der Waals surface area (Å²) in [6, 6.07) is 8.00. The van der Waals surface area contributed by atoms with Gasteiger partial charge in [0.15, 0.2) is 0 Å². The second-order valence-electron chi connectivity index (χ2n) is 4.42. The zero-order valence-corrected chi connectivity index (χ0v) is 12.6. The highest BCUT2D eigenvalue weighted by molar-refractivity contribution is 7.99. The molecule has 0 bridgehead atoms. The standard InChI is InChI=1S/C15H23NO2S/c1-3-4-8-16-15(17)12-19-10-9-18-14-7-5-6-13(2)11-14/h5-7,11H,3-4,8-10,12H2,1-2H3,(H,16,17). The minimum Gasteiger partial charge on any atom is -0.493 e. The van der Waals surface area contributed by atoms with E-state index in [1.165, 1.54) is 5.56 Å². The molecule has 106 valence electrons. The molecule has 19 heavy (non-hydrogen) atoms. The van der Waals surface area contributed by atoms with Gasteiger partial charge in [-0.05, 0) is 31.0 Å². The van der Waals surface area contributed by atoms with Gasteiger partial charge in [0.25, 0.3) is 0 Å². The van der Waals surface area contributed by atoms with Crippen LogP contribution in [0.1, 0.15) is 25.3 Å². The topological polar surface area (TPSA) is 38.3 Å². The average molecular weight is 281 g/mol. The van der Waals surface area contributed by atoms with Crippen LogP contribution in [0.15, 0.2) is 24.3 Å². The summed E-state index contributed by atoms with van der Waals surface area (Å²) in [5.41, 5.74) is 1.19. The van der Waals surface area contributed by atoms with Gasteiger partial charge in [0.2, 0.25) is 5.91 Å². The first kappa shape index (κ1) is 15.9. The predicted molar refractivity (Wildman–Crippen MR) is 81.9 cm³/mol. The Morgan fingerprint density at radius 3 is 3.00 bits per heavy atom. The molecule has 0 saturated carbocycles. The molecule has 0 aliphatic heterocycles. The Kier molecular flexibility index (Phi) is 8.14. The lowest BCUT2D eigenvalue weighted by atomic mass is 10.2. The number of aryl methyl sites for hydroxylation is 1. The summed E-state index contributed by atoms with van der Waals surface area (Å²) in [6.07, 6.45) is 2.16. The van der Waals surface area contributed by atoms with Gasteiger partial charge in [-0.3, -0.25) is 4.79 Å². The molecule has 0 saturated heterocycles. The van der Waals surface area contributed by atoms with E-state index < -0.39 is 0 Å². The van der Waals surface area contributed by atoms with E-state index in [0.717, 1.165) is 30.9 Å². The van der Waals surface area contributed by atoms with Crippen molar-refractivity contribution in [3.05, 3.63) is 29.8 Å². The first-order valence-corrected chi connectivity index (χ1v) is 7.91. The molecule has 1 aromatic carbocycles. The van der Waals surface area contributed by atoms with Crippen LogP contribution in [0.5, 0.6) is 5.75 Å². The first-order chi connectivity index (χ1) is 9.22. The maximum atomic E-state index is 11.4. The molecule has 1 N–H and O–H groups in total. The fourth-order valence-electron chi connectivity index (χ4n) is 1.54. The van der Waals surface area contributed by atoms with Crippen LogP contribution < -0.4 is 10.1 Å². The van der Waals surface area contributed by atoms with E-state index in [-0.39, 0.29) is 5.91 Å². The molecule has 4 heteroatoms. The Morgan fingerprint density at radius 2 is 2.26 bits per heavy atom. The van der Waals surface area contributed by atoms with Gasteiger partial charge in [0.05, 0.1) is 12.4 Å². The van der Waals surface area contributed by atoms with Crippen LogP contribution in [0.3, 0.4) is 0 Å². The van der Waals surface area contributed by atoms with Gasteiger partial charge in [-0.15, -0.1) is 11.8 Å². The molecule has 0 heterocycles. The zero-order valence-electron chi connectivity index (χ0n) is 11.8. The highest BCUT2D eigenvalue weighted by Gasteiger charge is 2.00. The number of unbranched alkanes of at least 4 members (excludes halogenated alkanes) is 1.